The van der Waals surface area contributed by atoms with E-state index in [1.54, 1.807) is 13.4 Å². The minimum Gasteiger partial charge on any atom is -0.497 e. The van der Waals surface area contributed by atoms with E-state index in [9.17, 15) is 9.90 Å². The van der Waals surface area contributed by atoms with Crippen molar-refractivity contribution in [2.45, 2.75) is 31.7 Å². The van der Waals surface area contributed by atoms with Crippen LogP contribution in [-0.4, -0.2) is 30.8 Å². The lowest BCUT2D eigenvalue weighted by Crippen LogP contribution is -2.45. The number of carbonyl (C=O) groups is 1. The number of methoxy groups -OCH3 is 1. The predicted molar refractivity (Wildman–Crippen MR) is 89.8 cm³/mol. The number of nitrogens with one attached hydrogen (secondary N) is 1. The Kier molecular flexibility index (Phi) is 3.96. The number of carbonyl (C=O) groups excluding carboxylic acids is 1. The molecule has 5 heteroatoms. The number of rotatable bonds is 5. The van der Waals surface area contributed by atoms with Crippen LogP contribution >= 0.6 is 0 Å². The van der Waals surface area contributed by atoms with Gasteiger partial charge in [-0.2, -0.15) is 0 Å². The van der Waals surface area contributed by atoms with Crippen molar-refractivity contribution in [3.05, 3.63) is 30.0 Å². The Morgan fingerprint density at radius 1 is 1.38 bits per heavy atom. The summed E-state index contributed by atoms with van der Waals surface area (Å²) < 4.78 is 10.7. The van der Waals surface area contributed by atoms with E-state index in [4.69, 9.17) is 9.15 Å². The maximum atomic E-state index is 12.5. The SMILES string of the molecule is COc1ccc2c(CC(=O)NC3C4CCC(C4)C3CO)coc2c1. The number of hydrogen-bond donors (Lipinski definition) is 2. The van der Waals surface area contributed by atoms with Crippen molar-refractivity contribution in [2.24, 2.45) is 17.8 Å². The van der Waals surface area contributed by atoms with Crippen molar-refractivity contribution in [3.63, 3.8) is 0 Å². The molecule has 0 spiro atoms. The van der Waals surface area contributed by atoms with Crippen LogP contribution in [0.25, 0.3) is 11.0 Å². The van der Waals surface area contributed by atoms with Crippen LogP contribution in [0, 0.1) is 17.8 Å². The molecule has 1 heterocycles. The Morgan fingerprint density at radius 3 is 3.00 bits per heavy atom. The molecule has 2 N–H and O–H groups in total. The third-order valence-electron chi connectivity index (χ3n) is 5.84. The van der Waals surface area contributed by atoms with Gasteiger partial charge in [-0.1, -0.05) is 0 Å². The summed E-state index contributed by atoms with van der Waals surface area (Å²) in [5.74, 6) is 2.07. The van der Waals surface area contributed by atoms with Crippen LogP contribution < -0.4 is 10.1 Å². The molecule has 128 valence electrons. The van der Waals surface area contributed by atoms with Crippen molar-refractivity contribution >= 4 is 16.9 Å². The molecule has 2 bridgehead atoms. The lowest BCUT2D eigenvalue weighted by molar-refractivity contribution is -0.122. The van der Waals surface area contributed by atoms with E-state index in [0.29, 0.717) is 18.3 Å². The second-order valence-corrected chi connectivity index (χ2v) is 7.07. The zero-order valence-electron chi connectivity index (χ0n) is 13.8. The summed E-state index contributed by atoms with van der Waals surface area (Å²) in [6.07, 6.45) is 5.45. The number of amides is 1. The van der Waals surface area contributed by atoms with Crippen LogP contribution in [0.2, 0.25) is 0 Å². The number of hydrogen-bond acceptors (Lipinski definition) is 4. The number of benzene rings is 1. The molecule has 24 heavy (non-hydrogen) atoms. The van der Waals surface area contributed by atoms with Gasteiger partial charge < -0.3 is 19.6 Å². The normalized spacial score (nSPS) is 28.4. The molecule has 4 rings (SSSR count). The Morgan fingerprint density at radius 2 is 2.21 bits per heavy atom. The van der Waals surface area contributed by atoms with Crippen LogP contribution in [-0.2, 0) is 11.2 Å². The molecule has 0 radical (unpaired) electrons. The van der Waals surface area contributed by atoms with Crippen LogP contribution in [0.4, 0.5) is 0 Å². The molecule has 4 unspecified atom stereocenters. The number of aliphatic hydroxyl groups is 1. The molecule has 4 atom stereocenters. The summed E-state index contributed by atoms with van der Waals surface area (Å²) >= 11 is 0. The highest BCUT2D eigenvalue weighted by Crippen LogP contribution is 2.48. The van der Waals surface area contributed by atoms with Gasteiger partial charge in [-0.15, -0.1) is 0 Å². The fourth-order valence-corrected chi connectivity index (χ4v) is 4.64. The highest BCUT2D eigenvalue weighted by Gasteiger charge is 2.47. The first kappa shape index (κ1) is 15.5. The van der Waals surface area contributed by atoms with Gasteiger partial charge in [0.2, 0.25) is 5.91 Å². The maximum Gasteiger partial charge on any atom is 0.224 e. The van der Waals surface area contributed by atoms with Gasteiger partial charge in [-0.3, -0.25) is 4.79 Å². The third kappa shape index (κ3) is 2.57. The van der Waals surface area contributed by atoms with Crippen LogP contribution in [0.1, 0.15) is 24.8 Å². The maximum absolute atomic E-state index is 12.5. The molecule has 2 aliphatic rings. The first-order valence-corrected chi connectivity index (χ1v) is 8.64. The quantitative estimate of drug-likeness (QED) is 0.884. The highest BCUT2D eigenvalue weighted by atomic mass is 16.5. The van der Waals surface area contributed by atoms with Crippen molar-refractivity contribution in [3.8, 4) is 5.75 Å². The highest BCUT2D eigenvalue weighted by molar-refractivity contribution is 5.88. The summed E-state index contributed by atoms with van der Waals surface area (Å²) in [4.78, 5) is 12.5. The molecule has 2 fully saturated rings. The average molecular weight is 329 g/mol. The van der Waals surface area contributed by atoms with Crippen molar-refractivity contribution in [1.29, 1.82) is 0 Å². The lowest BCUT2D eigenvalue weighted by Gasteiger charge is -2.30. The lowest BCUT2D eigenvalue weighted by atomic mass is 9.85. The van der Waals surface area contributed by atoms with Crippen molar-refractivity contribution < 1.29 is 19.1 Å². The standard InChI is InChI=1S/C19H23NO4/c1-23-14-4-5-15-13(10-24-17(15)8-14)7-18(22)20-19-12-3-2-11(6-12)16(19)9-21/h4-5,8,10-12,16,19,21H,2-3,6-7,9H2,1H3,(H,20,22). The number of furan rings is 1. The molecule has 5 nitrogen and oxygen atoms in total. The Balaban J connectivity index is 1.46. The van der Waals surface area contributed by atoms with Crippen LogP contribution in [0.5, 0.6) is 5.75 Å². The van der Waals surface area contributed by atoms with Crippen molar-refractivity contribution in [2.75, 3.05) is 13.7 Å². The molecule has 1 aromatic carbocycles. The minimum absolute atomic E-state index is 0.00418. The van der Waals surface area contributed by atoms with E-state index in [1.807, 2.05) is 18.2 Å². The van der Waals surface area contributed by atoms with E-state index in [2.05, 4.69) is 5.32 Å². The van der Waals surface area contributed by atoms with Gasteiger partial charge >= 0.3 is 0 Å². The summed E-state index contributed by atoms with van der Waals surface area (Å²) in [6.45, 7) is 0.167. The number of ether oxygens (including phenoxy) is 1. The smallest absolute Gasteiger partial charge is 0.224 e. The van der Waals surface area contributed by atoms with Gasteiger partial charge in [0.15, 0.2) is 0 Å². The largest absolute Gasteiger partial charge is 0.497 e. The zero-order chi connectivity index (χ0) is 16.7. The molecule has 2 aliphatic carbocycles. The molecule has 0 saturated heterocycles. The van der Waals surface area contributed by atoms with Gasteiger partial charge in [0.1, 0.15) is 11.3 Å². The summed E-state index contributed by atoms with van der Waals surface area (Å²) in [7, 11) is 1.62. The van der Waals surface area contributed by atoms with E-state index < -0.39 is 0 Å². The van der Waals surface area contributed by atoms with Gasteiger partial charge in [0.25, 0.3) is 0 Å². The summed E-state index contributed by atoms with van der Waals surface area (Å²) in [5, 5.41) is 13.8. The molecule has 2 aromatic rings. The van der Waals surface area contributed by atoms with E-state index in [1.165, 1.54) is 12.8 Å². The molecule has 1 amide bonds. The van der Waals surface area contributed by atoms with Gasteiger partial charge in [-0.25, -0.2) is 0 Å². The Bertz CT molecular complexity index is 753. The van der Waals surface area contributed by atoms with Gasteiger partial charge in [0, 0.05) is 35.6 Å². The Labute approximate surface area is 141 Å². The molecule has 0 aliphatic heterocycles. The Hall–Kier alpha value is -2.01. The second kappa shape index (κ2) is 6.13. The number of fused-ring (bicyclic) bond motifs is 3. The monoisotopic (exact) mass is 329 g/mol. The molecule has 2 saturated carbocycles. The van der Waals surface area contributed by atoms with E-state index in [0.717, 1.165) is 28.7 Å². The topological polar surface area (TPSA) is 71.7 Å². The molecular formula is C19H23NO4. The molecular weight excluding hydrogens is 306 g/mol. The number of aliphatic hydroxyl groups excluding tert-OH is 1. The average Bonchev–Trinajstić information content (AvgIpc) is 3.29. The van der Waals surface area contributed by atoms with Gasteiger partial charge in [0.05, 0.1) is 19.8 Å². The van der Waals surface area contributed by atoms with Crippen molar-refractivity contribution in [1.82, 2.24) is 5.32 Å². The predicted octanol–water partition coefficient (Wildman–Crippen LogP) is 2.51. The second-order valence-electron chi connectivity index (χ2n) is 7.07. The van der Waals surface area contributed by atoms with Crippen LogP contribution in [0.3, 0.4) is 0 Å². The fraction of sp³-hybridized carbons (Fsp3) is 0.526. The summed E-state index contributed by atoms with van der Waals surface area (Å²) in [5.41, 5.74) is 1.61. The fourth-order valence-electron chi connectivity index (χ4n) is 4.64. The minimum atomic E-state index is 0.00418. The first-order chi connectivity index (χ1) is 11.7. The van der Waals surface area contributed by atoms with Gasteiger partial charge in [-0.05, 0) is 43.2 Å². The molecule has 1 aromatic heterocycles. The zero-order valence-corrected chi connectivity index (χ0v) is 13.8. The summed E-state index contributed by atoms with van der Waals surface area (Å²) in [6, 6.07) is 5.75. The van der Waals surface area contributed by atoms with E-state index >= 15 is 0 Å². The first-order valence-electron chi connectivity index (χ1n) is 8.64. The third-order valence-corrected chi connectivity index (χ3v) is 5.84. The van der Waals surface area contributed by atoms with E-state index in [-0.39, 0.29) is 24.5 Å². The van der Waals surface area contributed by atoms with Crippen LogP contribution in [0.15, 0.2) is 28.9 Å².